The summed E-state index contributed by atoms with van der Waals surface area (Å²) in [6, 6.07) is 7.28. The van der Waals surface area contributed by atoms with Gasteiger partial charge in [0, 0.05) is 16.8 Å². The summed E-state index contributed by atoms with van der Waals surface area (Å²) in [5.74, 6) is 0.595. The van der Waals surface area contributed by atoms with Gasteiger partial charge in [0.05, 0.1) is 5.69 Å². The number of hydrogen-bond acceptors (Lipinski definition) is 3. The molecule has 17 heavy (non-hydrogen) atoms. The van der Waals surface area contributed by atoms with Crippen LogP contribution in [-0.2, 0) is 6.42 Å². The molecule has 4 nitrogen and oxygen atoms in total. The third-order valence-electron chi connectivity index (χ3n) is 2.77. The zero-order valence-electron chi connectivity index (χ0n) is 9.95. The van der Waals surface area contributed by atoms with Gasteiger partial charge >= 0.3 is 0 Å². The fraction of sp³-hybridized carbons (Fsp3) is 0.231. The van der Waals surface area contributed by atoms with Crippen LogP contribution in [-0.4, -0.2) is 9.97 Å². The molecule has 0 aliphatic heterocycles. The van der Waals surface area contributed by atoms with Crippen LogP contribution < -0.4 is 11.3 Å². The van der Waals surface area contributed by atoms with Gasteiger partial charge in [0.1, 0.15) is 5.82 Å². The van der Waals surface area contributed by atoms with Crippen molar-refractivity contribution in [2.24, 2.45) is 0 Å². The number of nitrogens with two attached hydrogens (primary N) is 1. The Hall–Kier alpha value is -2.10. The Kier molecular flexibility index (Phi) is 2.95. The van der Waals surface area contributed by atoms with Crippen molar-refractivity contribution in [3.05, 3.63) is 45.9 Å². The molecule has 0 fully saturated rings. The smallest absolute Gasteiger partial charge is 0.254 e. The highest BCUT2D eigenvalue weighted by molar-refractivity contribution is 5.58. The van der Waals surface area contributed by atoms with Crippen molar-refractivity contribution in [1.82, 2.24) is 9.97 Å². The average molecular weight is 229 g/mol. The molecular formula is C13H15N3O. The van der Waals surface area contributed by atoms with Gasteiger partial charge in [0.25, 0.3) is 5.56 Å². The van der Waals surface area contributed by atoms with Crippen molar-refractivity contribution in [3.8, 4) is 11.4 Å². The van der Waals surface area contributed by atoms with E-state index in [0.717, 1.165) is 17.7 Å². The fourth-order valence-corrected chi connectivity index (χ4v) is 1.70. The molecular weight excluding hydrogens is 214 g/mol. The maximum absolute atomic E-state index is 11.7. The number of hydrogen-bond donors (Lipinski definition) is 2. The van der Waals surface area contributed by atoms with E-state index in [1.165, 1.54) is 0 Å². The molecule has 1 heterocycles. The molecule has 0 saturated carbocycles. The van der Waals surface area contributed by atoms with Crippen molar-refractivity contribution in [1.29, 1.82) is 0 Å². The minimum Gasteiger partial charge on any atom is -0.399 e. The van der Waals surface area contributed by atoms with E-state index in [9.17, 15) is 4.79 Å². The summed E-state index contributed by atoms with van der Waals surface area (Å²) in [6.07, 6.45) is 0.748. The minimum atomic E-state index is -0.0799. The summed E-state index contributed by atoms with van der Waals surface area (Å²) in [5.41, 5.74) is 8.62. The largest absolute Gasteiger partial charge is 0.399 e. The van der Waals surface area contributed by atoms with Gasteiger partial charge in [-0.1, -0.05) is 6.92 Å². The second-order valence-corrected chi connectivity index (χ2v) is 3.96. The molecule has 0 atom stereocenters. The molecule has 1 aromatic heterocycles. The maximum Gasteiger partial charge on any atom is 0.254 e. The highest BCUT2D eigenvalue weighted by Gasteiger charge is 2.07. The number of nitrogens with zero attached hydrogens (tertiary/aromatic N) is 1. The average Bonchev–Trinajstić information content (AvgIpc) is 2.33. The summed E-state index contributed by atoms with van der Waals surface area (Å²) >= 11 is 0. The third-order valence-corrected chi connectivity index (χ3v) is 2.77. The lowest BCUT2D eigenvalue weighted by Gasteiger charge is -2.06. The Morgan fingerprint density at radius 1 is 1.29 bits per heavy atom. The minimum absolute atomic E-state index is 0.0799. The van der Waals surface area contributed by atoms with Crippen molar-refractivity contribution in [3.63, 3.8) is 0 Å². The first-order chi connectivity index (χ1) is 8.11. The van der Waals surface area contributed by atoms with E-state index in [0.29, 0.717) is 17.1 Å². The molecule has 0 bridgehead atoms. The van der Waals surface area contributed by atoms with Gasteiger partial charge in [-0.2, -0.15) is 0 Å². The highest BCUT2D eigenvalue weighted by Crippen LogP contribution is 2.16. The van der Waals surface area contributed by atoms with Gasteiger partial charge in [-0.3, -0.25) is 4.79 Å². The van der Waals surface area contributed by atoms with Crippen LogP contribution >= 0.6 is 0 Å². The number of benzene rings is 1. The summed E-state index contributed by atoms with van der Waals surface area (Å²) in [7, 11) is 0. The van der Waals surface area contributed by atoms with Crippen LogP contribution in [0.4, 0.5) is 5.69 Å². The van der Waals surface area contributed by atoms with E-state index in [-0.39, 0.29) is 5.56 Å². The van der Waals surface area contributed by atoms with E-state index in [1.54, 1.807) is 19.1 Å². The first kappa shape index (κ1) is 11.4. The Labute approximate surface area is 99.5 Å². The first-order valence-electron chi connectivity index (χ1n) is 5.57. The van der Waals surface area contributed by atoms with Crippen LogP contribution in [0, 0.1) is 6.92 Å². The number of H-pyrrole nitrogens is 1. The number of rotatable bonds is 2. The lowest BCUT2D eigenvalue weighted by Crippen LogP contribution is -2.15. The van der Waals surface area contributed by atoms with Gasteiger partial charge in [-0.05, 0) is 37.6 Å². The monoisotopic (exact) mass is 229 g/mol. The molecule has 3 N–H and O–H groups in total. The van der Waals surface area contributed by atoms with Crippen LogP contribution in [0.3, 0.4) is 0 Å². The Balaban J connectivity index is 2.56. The van der Waals surface area contributed by atoms with E-state index in [2.05, 4.69) is 9.97 Å². The predicted octanol–water partition coefficient (Wildman–Crippen LogP) is 1.89. The van der Waals surface area contributed by atoms with E-state index in [1.807, 2.05) is 19.1 Å². The maximum atomic E-state index is 11.7. The normalized spacial score (nSPS) is 10.5. The third kappa shape index (κ3) is 2.20. The lowest BCUT2D eigenvalue weighted by atomic mass is 10.1. The summed E-state index contributed by atoms with van der Waals surface area (Å²) in [6.45, 7) is 3.78. The molecule has 2 aromatic rings. The zero-order chi connectivity index (χ0) is 12.4. The van der Waals surface area contributed by atoms with Gasteiger partial charge in [-0.25, -0.2) is 4.98 Å². The quantitative estimate of drug-likeness (QED) is 0.772. The summed E-state index contributed by atoms with van der Waals surface area (Å²) in [5, 5.41) is 0. The molecule has 0 radical (unpaired) electrons. The number of aromatic nitrogens is 2. The molecule has 0 aliphatic carbocycles. The predicted molar refractivity (Wildman–Crippen MR) is 68.8 cm³/mol. The standard InChI is InChI=1S/C13H15N3O/c1-3-11-8(2)13(17)16-12(15-11)9-4-6-10(14)7-5-9/h4-7H,3,14H2,1-2H3,(H,15,16,17). The second kappa shape index (κ2) is 4.41. The van der Waals surface area contributed by atoms with Gasteiger partial charge in [0.2, 0.25) is 0 Å². The van der Waals surface area contributed by atoms with Gasteiger partial charge in [0.15, 0.2) is 0 Å². The Bertz CT molecular complexity index is 585. The molecule has 0 amide bonds. The molecule has 0 spiro atoms. The van der Waals surface area contributed by atoms with Crippen molar-refractivity contribution >= 4 is 5.69 Å². The Morgan fingerprint density at radius 3 is 2.53 bits per heavy atom. The first-order valence-corrected chi connectivity index (χ1v) is 5.57. The number of aromatic amines is 1. The van der Waals surface area contributed by atoms with Gasteiger partial charge < -0.3 is 10.7 Å². The molecule has 4 heteroatoms. The molecule has 2 rings (SSSR count). The number of nitrogen functional groups attached to an aromatic ring is 1. The summed E-state index contributed by atoms with van der Waals surface area (Å²) in [4.78, 5) is 19.0. The lowest BCUT2D eigenvalue weighted by molar-refractivity contribution is 0.955. The molecule has 0 aliphatic rings. The van der Waals surface area contributed by atoms with E-state index in [4.69, 9.17) is 5.73 Å². The second-order valence-electron chi connectivity index (χ2n) is 3.96. The van der Waals surface area contributed by atoms with Crippen LogP contribution in [0.25, 0.3) is 11.4 Å². The number of anilines is 1. The molecule has 0 saturated heterocycles. The molecule has 88 valence electrons. The number of nitrogens with one attached hydrogen (secondary N) is 1. The SMILES string of the molecule is CCc1nc(-c2ccc(N)cc2)[nH]c(=O)c1C. The topological polar surface area (TPSA) is 71.8 Å². The van der Waals surface area contributed by atoms with E-state index < -0.39 is 0 Å². The van der Waals surface area contributed by atoms with Crippen LogP contribution in [0.2, 0.25) is 0 Å². The summed E-state index contributed by atoms with van der Waals surface area (Å²) < 4.78 is 0. The van der Waals surface area contributed by atoms with Crippen molar-refractivity contribution in [2.45, 2.75) is 20.3 Å². The molecule has 1 aromatic carbocycles. The van der Waals surface area contributed by atoms with E-state index >= 15 is 0 Å². The van der Waals surface area contributed by atoms with Gasteiger partial charge in [-0.15, -0.1) is 0 Å². The van der Waals surface area contributed by atoms with Crippen molar-refractivity contribution < 1.29 is 0 Å². The van der Waals surface area contributed by atoms with Crippen LogP contribution in [0.15, 0.2) is 29.1 Å². The molecule has 0 unspecified atom stereocenters. The van der Waals surface area contributed by atoms with Crippen molar-refractivity contribution in [2.75, 3.05) is 5.73 Å². The highest BCUT2D eigenvalue weighted by atomic mass is 16.1. The number of aryl methyl sites for hydroxylation is 1. The fourth-order valence-electron chi connectivity index (χ4n) is 1.70. The Morgan fingerprint density at radius 2 is 1.94 bits per heavy atom. The van der Waals surface area contributed by atoms with Crippen LogP contribution in [0.5, 0.6) is 0 Å². The zero-order valence-corrected chi connectivity index (χ0v) is 9.95. The van der Waals surface area contributed by atoms with Crippen LogP contribution in [0.1, 0.15) is 18.2 Å².